The molecule has 30 heavy (non-hydrogen) atoms. The van der Waals surface area contributed by atoms with Gasteiger partial charge in [-0.3, -0.25) is 9.78 Å². The third kappa shape index (κ3) is 4.71. The Balaban J connectivity index is 1.64. The maximum atomic E-state index is 12.5. The van der Waals surface area contributed by atoms with E-state index in [1.165, 1.54) is 35.7 Å². The molecule has 0 spiro atoms. The fraction of sp³-hybridized carbons (Fsp3) is 0.100. The predicted molar refractivity (Wildman–Crippen MR) is 106 cm³/mol. The lowest BCUT2D eigenvalue weighted by atomic mass is 10.1. The lowest BCUT2D eigenvalue weighted by Crippen LogP contribution is -2.17. The molecule has 4 rings (SSSR count). The second kappa shape index (κ2) is 8.07. The number of carbonyl (C=O) groups excluding carboxylic acids is 1. The number of para-hydroxylation sites is 1. The van der Waals surface area contributed by atoms with Crippen LogP contribution in [0.5, 0.6) is 5.75 Å². The number of benzene rings is 2. The molecule has 0 saturated heterocycles. The first-order valence-electron chi connectivity index (χ1n) is 8.67. The highest BCUT2D eigenvalue weighted by Gasteiger charge is 2.31. The molecule has 2 heterocycles. The lowest BCUT2D eigenvalue weighted by molar-refractivity contribution is -0.274. The monoisotopic (exact) mass is 430 g/mol. The van der Waals surface area contributed by atoms with Crippen LogP contribution >= 0.6 is 11.3 Å². The van der Waals surface area contributed by atoms with Gasteiger partial charge in [-0.1, -0.05) is 24.3 Å². The summed E-state index contributed by atoms with van der Waals surface area (Å²) in [6.07, 6.45) is -1.68. The normalized spacial score (nSPS) is 11.4. The summed E-state index contributed by atoms with van der Waals surface area (Å²) < 4.78 is 41.5. The molecule has 10 heteroatoms. The van der Waals surface area contributed by atoms with Gasteiger partial charge in [0.1, 0.15) is 5.75 Å². The largest absolute Gasteiger partial charge is 0.573 e. The van der Waals surface area contributed by atoms with Crippen molar-refractivity contribution >= 4 is 33.4 Å². The number of nitrogens with one attached hydrogen (secondary N) is 1. The summed E-state index contributed by atoms with van der Waals surface area (Å²) in [4.78, 5) is 25.2. The first-order chi connectivity index (χ1) is 14.4. The number of nitrogens with zero attached hydrogens (tertiary/aromatic N) is 3. The molecule has 0 unspecified atom stereocenters. The number of hydrogen-bond acceptors (Lipinski definition) is 6. The number of rotatable bonds is 5. The van der Waals surface area contributed by atoms with E-state index < -0.39 is 6.36 Å². The van der Waals surface area contributed by atoms with Crippen molar-refractivity contribution in [3.05, 3.63) is 65.8 Å². The zero-order valence-electron chi connectivity index (χ0n) is 15.2. The van der Waals surface area contributed by atoms with E-state index in [2.05, 4.69) is 25.0 Å². The fourth-order valence-electron chi connectivity index (χ4n) is 2.85. The van der Waals surface area contributed by atoms with Crippen LogP contribution in [0.15, 0.2) is 60.2 Å². The Kier molecular flexibility index (Phi) is 5.32. The van der Waals surface area contributed by atoms with E-state index in [0.29, 0.717) is 33.0 Å². The zero-order valence-corrected chi connectivity index (χ0v) is 16.0. The van der Waals surface area contributed by atoms with Crippen molar-refractivity contribution in [3.8, 4) is 17.0 Å². The van der Waals surface area contributed by atoms with E-state index in [9.17, 15) is 18.0 Å². The molecular formula is C20H13F3N4O2S. The molecule has 0 aliphatic carbocycles. The highest BCUT2D eigenvalue weighted by molar-refractivity contribution is 7.13. The molecule has 4 aromatic rings. The molecule has 1 amide bonds. The smallest absolute Gasteiger partial charge is 0.406 e. The van der Waals surface area contributed by atoms with Crippen LogP contribution in [0.2, 0.25) is 0 Å². The Morgan fingerprint density at radius 1 is 1.13 bits per heavy atom. The first-order valence-corrected chi connectivity index (χ1v) is 9.55. The van der Waals surface area contributed by atoms with Gasteiger partial charge in [0, 0.05) is 17.1 Å². The number of alkyl halides is 3. The van der Waals surface area contributed by atoms with Gasteiger partial charge in [-0.2, -0.15) is 0 Å². The summed E-state index contributed by atoms with van der Waals surface area (Å²) in [6, 6.07) is 10.8. The van der Waals surface area contributed by atoms with Crippen LogP contribution in [0, 0.1) is 0 Å². The molecule has 0 bridgehead atoms. The number of fused-ring (bicyclic) bond motifs is 1. The summed E-state index contributed by atoms with van der Waals surface area (Å²) >= 11 is 1.31. The van der Waals surface area contributed by atoms with Crippen LogP contribution in [-0.2, 0) is 11.2 Å². The van der Waals surface area contributed by atoms with Gasteiger partial charge in [0.15, 0.2) is 5.13 Å². The van der Waals surface area contributed by atoms with Crippen molar-refractivity contribution < 1.29 is 22.7 Å². The predicted octanol–water partition coefficient (Wildman–Crippen LogP) is 4.83. The number of anilines is 1. The minimum atomic E-state index is -4.79. The first kappa shape index (κ1) is 19.8. The quantitative estimate of drug-likeness (QED) is 0.491. The van der Waals surface area contributed by atoms with Crippen LogP contribution in [0.3, 0.4) is 0 Å². The third-order valence-electron chi connectivity index (χ3n) is 4.05. The topological polar surface area (TPSA) is 77.0 Å². The second-order valence-electron chi connectivity index (χ2n) is 6.18. The molecule has 6 nitrogen and oxygen atoms in total. The molecule has 0 aliphatic rings. The van der Waals surface area contributed by atoms with Gasteiger partial charge in [-0.05, 0) is 23.8 Å². The molecule has 0 saturated carbocycles. The molecule has 0 fully saturated rings. The summed E-state index contributed by atoms with van der Waals surface area (Å²) in [5.74, 6) is -0.608. The summed E-state index contributed by atoms with van der Waals surface area (Å²) in [5, 5.41) is 4.95. The molecule has 0 radical (unpaired) electrons. The fourth-order valence-corrected chi connectivity index (χ4v) is 3.39. The number of carbonyl (C=O) groups is 1. The van der Waals surface area contributed by atoms with Gasteiger partial charge < -0.3 is 10.1 Å². The minimum absolute atomic E-state index is 0.0479. The number of aromatic nitrogens is 3. The van der Waals surface area contributed by atoms with Crippen molar-refractivity contribution in [1.29, 1.82) is 0 Å². The molecule has 0 atom stereocenters. The summed E-state index contributed by atoms with van der Waals surface area (Å²) in [5.41, 5.74) is 2.47. The maximum Gasteiger partial charge on any atom is 0.573 e. The van der Waals surface area contributed by atoms with E-state index in [1.807, 2.05) is 0 Å². The van der Waals surface area contributed by atoms with E-state index in [-0.39, 0.29) is 18.1 Å². The van der Waals surface area contributed by atoms with Crippen LogP contribution < -0.4 is 10.1 Å². The standard InChI is InChI=1S/C20H13F3N4O2S/c21-20(22,23)29-14-5-1-3-12(9-14)16-11-25-15-6-2-4-13(18(15)26-16)10-17(28)27-19-24-7-8-30-19/h1-9,11H,10H2,(H,24,27,28). The summed E-state index contributed by atoms with van der Waals surface area (Å²) in [7, 11) is 0. The number of halogens is 3. The van der Waals surface area contributed by atoms with Crippen LogP contribution in [0.4, 0.5) is 18.3 Å². The molecule has 152 valence electrons. The Bertz CT molecular complexity index is 1200. The van der Waals surface area contributed by atoms with E-state index >= 15 is 0 Å². The molecule has 2 aromatic heterocycles. The number of thiazole rings is 1. The molecule has 2 aromatic carbocycles. The van der Waals surface area contributed by atoms with E-state index in [1.54, 1.807) is 35.8 Å². The molecule has 1 N–H and O–H groups in total. The molecular weight excluding hydrogens is 417 g/mol. The van der Waals surface area contributed by atoms with Crippen LogP contribution in [0.25, 0.3) is 22.3 Å². The number of hydrogen-bond donors (Lipinski definition) is 1. The van der Waals surface area contributed by atoms with Crippen molar-refractivity contribution in [3.63, 3.8) is 0 Å². The second-order valence-corrected chi connectivity index (χ2v) is 7.07. The Hall–Kier alpha value is -3.53. The third-order valence-corrected chi connectivity index (χ3v) is 4.74. The summed E-state index contributed by atoms with van der Waals surface area (Å²) in [6.45, 7) is 0. The Morgan fingerprint density at radius 3 is 2.73 bits per heavy atom. The SMILES string of the molecule is O=C(Cc1cccc2ncc(-c3cccc(OC(F)(F)F)c3)nc12)Nc1nccs1. The van der Waals surface area contributed by atoms with Crippen LogP contribution in [-0.4, -0.2) is 27.2 Å². The van der Waals surface area contributed by atoms with Crippen molar-refractivity contribution in [1.82, 2.24) is 15.0 Å². The van der Waals surface area contributed by atoms with Crippen molar-refractivity contribution in [2.45, 2.75) is 12.8 Å². The van der Waals surface area contributed by atoms with Gasteiger partial charge in [0.25, 0.3) is 0 Å². The van der Waals surface area contributed by atoms with Crippen molar-refractivity contribution in [2.24, 2.45) is 0 Å². The minimum Gasteiger partial charge on any atom is -0.406 e. The lowest BCUT2D eigenvalue weighted by Gasteiger charge is -2.11. The Labute approximate surface area is 172 Å². The zero-order chi connectivity index (χ0) is 21.1. The highest BCUT2D eigenvalue weighted by Crippen LogP contribution is 2.28. The van der Waals surface area contributed by atoms with E-state index in [4.69, 9.17) is 0 Å². The number of ether oxygens (including phenoxy) is 1. The average Bonchev–Trinajstić information content (AvgIpc) is 3.20. The van der Waals surface area contributed by atoms with Crippen LogP contribution in [0.1, 0.15) is 5.56 Å². The van der Waals surface area contributed by atoms with Gasteiger partial charge >= 0.3 is 6.36 Å². The molecule has 0 aliphatic heterocycles. The average molecular weight is 430 g/mol. The van der Waals surface area contributed by atoms with Gasteiger partial charge in [-0.25, -0.2) is 9.97 Å². The van der Waals surface area contributed by atoms with Gasteiger partial charge in [-0.15, -0.1) is 24.5 Å². The maximum absolute atomic E-state index is 12.5. The van der Waals surface area contributed by atoms with Gasteiger partial charge in [0.2, 0.25) is 5.91 Å². The van der Waals surface area contributed by atoms with Gasteiger partial charge in [0.05, 0.1) is 29.3 Å². The number of amides is 1. The Morgan fingerprint density at radius 2 is 1.97 bits per heavy atom. The van der Waals surface area contributed by atoms with E-state index in [0.717, 1.165) is 0 Å². The highest BCUT2D eigenvalue weighted by atomic mass is 32.1. The van der Waals surface area contributed by atoms with Crippen molar-refractivity contribution in [2.75, 3.05) is 5.32 Å².